The Bertz CT molecular complexity index is 1560. The van der Waals surface area contributed by atoms with E-state index in [2.05, 4.69) is 4.98 Å². The van der Waals surface area contributed by atoms with Gasteiger partial charge >= 0.3 is 0 Å². The smallest absolute Gasteiger partial charge is 0.269 e. The summed E-state index contributed by atoms with van der Waals surface area (Å²) in [4.78, 5) is 18.1. The zero-order valence-electron chi connectivity index (χ0n) is 21.4. The molecule has 0 saturated heterocycles. The number of carbonyl (C=O) groups is 1. The number of imidazole rings is 1. The molecule has 0 aliphatic carbocycles. The molecule has 198 valence electrons. The largest absolute Gasteiger partial charge is 0.493 e. The lowest BCUT2D eigenvalue weighted by Crippen LogP contribution is -2.13. The Labute approximate surface area is 220 Å². The van der Waals surface area contributed by atoms with Gasteiger partial charge in [0, 0.05) is 11.1 Å². The van der Waals surface area contributed by atoms with E-state index in [1.807, 2.05) is 0 Å². The van der Waals surface area contributed by atoms with Gasteiger partial charge in [0.05, 0.1) is 46.6 Å². The van der Waals surface area contributed by atoms with Crippen LogP contribution in [-0.4, -0.2) is 58.7 Å². The summed E-state index contributed by atoms with van der Waals surface area (Å²) in [5.74, 6) is 1.15. The first-order valence-corrected chi connectivity index (χ1v) is 12.7. The predicted molar refractivity (Wildman–Crippen MR) is 139 cm³/mol. The summed E-state index contributed by atoms with van der Waals surface area (Å²) < 4.78 is 55.0. The number of ketones is 1. The highest BCUT2D eigenvalue weighted by atomic mass is 32.2. The van der Waals surface area contributed by atoms with Crippen LogP contribution in [0.15, 0.2) is 71.8 Å². The van der Waals surface area contributed by atoms with Gasteiger partial charge in [0.15, 0.2) is 28.8 Å². The molecule has 11 heteroatoms. The third kappa shape index (κ3) is 4.75. The first-order chi connectivity index (χ1) is 18.3. The fourth-order valence-corrected chi connectivity index (χ4v) is 5.23. The van der Waals surface area contributed by atoms with Crippen LogP contribution < -0.4 is 23.7 Å². The number of ether oxygens (including phenoxy) is 5. The van der Waals surface area contributed by atoms with Crippen molar-refractivity contribution in [1.82, 2.24) is 8.96 Å². The lowest BCUT2D eigenvalue weighted by atomic mass is 10.1. The molecule has 0 fully saturated rings. The van der Waals surface area contributed by atoms with Crippen LogP contribution in [0.2, 0.25) is 0 Å². The van der Waals surface area contributed by atoms with Crippen molar-refractivity contribution in [1.29, 1.82) is 0 Å². The Hall–Kier alpha value is -4.51. The summed E-state index contributed by atoms with van der Waals surface area (Å²) in [5, 5.41) is 0. The molecule has 0 aliphatic rings. The standard InChI is InChI=1S/C27H26N2O8S/c1-33-21-12-11-17(13-22(21)34-2)27-28-20(16-29(27)38(31,32)19-9-7-6-8-10-19)25(30)18-14-23(35-3)26(37-5)24(15-18)36-4/h6-16H,1-5H3. The number of aromatic nitrogens is 2. The van der Waals surface area contributed by atoms with E-state index in [0.717, 1.165) is 3.97 Å². The van der Waals surface area contributed by atoms with Gasteiger partial charge in [-0.15, -0.1) is 0 Å². The van der Waals surface area contributed by atoms with Crippen LogP contribution in [0.3, 0.4) is 0 Å². The summed E-state index contributed by atoms with van der Waals surface area (Å²) in [6.45, 7) is 0. The van der Waals surface area contributed by atoms with Crippen LogP contribution in [0.5, 0.6) is 28.7 Å². The molecule has 0 aliphatic heterocycles. The van der Waals surface area contributed by atoms with Gasteiger partial charge in [-0.25, -0.2) is 17.4 Å². The summed E-state index contributed by atoms with van der Waals surface area (Å²) in [5.41, 5.74) is 0.454. The minimum absolute atomic E-state index is 0.0191. The van der Waals surface area contributed by atoms with E-state index in [1.54, 1.807) is 36.4 Å². The Morgan fingerprint density at radius 3 is 1.89 bits per heavy atom. The molecule has 3 aromatic carbocycles. The number of carbonyl (C=O) groups excluding carboxylic acids is 1. The molecule has 0 radical (unpaired) electrons. The molecule has 0 N–H and O–H groups in total. The average molecular weight is 539 g/mol. The van der Waals surface area contributed by atoms with Gasteiger partial charge in [0.1, 0.15) is 5.69 Å². The van der Waals surface area contributed by atoms with E-state index in [1.165, 1.54) is 66.0 Å². The molecule has 0 bridgehead atoms. The van der Waals surface area contributed by atoms with Gasteiger partial charge in [-0.1, -0.05) is 18.2 Å². The van der Waals surface area contributed by atoms with E-state index >= 15 is 0 Å². The molecular weight excluding hydrogens is 512 g/mol. The van der Waals surface area contributed by atoms with Crippen molar-refractivity contribution in [2.24, 2.45) is 0 Å². The highest BCUT2D eigenvalue weighted by Crippen LogP contribution is 2.39. The molecule has 4 rings (SSSR count). The highest BCUT2D eigenvalue weighted by molar-refractivity contribution is 7.90. The second-order valence-electron chi connectivity index (χ2n) is 7.88. The minimum Gasteiger partial charge on any atom is -0.493 e. The Kier molecular flexibility index (Phi) is 7.58. The number of hydrogen-bond donors (Lipinski definition) is 0. The zero-order chi connectivity index (χ0) is 27.4. The van der Waals surface area contributed by atoms with E-state index in [9.17, 15) is 13.2 Å². The lowest BCUT2D eigenvalue weighted by Gasteiger charge is -2.13. The van der Waals surface area contributed by atoms with Crippen molar-refractivity contribution in [3.8, 4) is 40.1 Å². The number of benzene rings is 3. The van der Waals surface area contributed by atoms with Gasteiger partial charge < -0.3 is 23.7 Å². The normalized spacial score (nSPS) is 11.1. The molecule has 1 aromatic heterocycles. The highest BCUT2D eigenvalue weighted by Gasteiger charge is 2.27. The number of rotatable bonds is 10. The molecule has 0 unspecified atom stereocenters. The lowest BCUT2D eigenvalue weighted by molar-refractivity contribution is 0.103. The first kappa shape index (κ1) is 26.6. The van der Waals surface area contributed by atoms with Gasteiger partial charge in [0.2, 0.25) is 11.5 Å². The summed E-state index contributed by atoms with van der Waals surface area (Å²) in [6.07, 6.45) is 1.19. The van der Waals surface area contributed by atoms with Gasteiger partial charge in [0.25, 0.3) is 10.0 Å². The van der Waals surface area contributed by atoms with E-state index in [-0.39, 0.29) is 33.5 Å². The molecule has 0 amide bonds. The van der Waals surface area contributed by atoms with Crippen LogP contribution in [0, 0.1) is 0 Å². The molecular formula is C27H26N2O8S. The second kappa shape index (κ2) is 10.9. The molecule has 0 atom stereocenters. The van der Waals surface area contributed by atoms with E-state index in [4.69, 9.17) is 23.7 Å². The monoisotopic (exact) mass is 538 g/mol. The number of nitrogens with zero attached hydrogens (tertiary/aromatic N) is 2. The average Bonchev–Trinajstić information content (AvgIpc) is 3.42. The van der Waals surface area contributed by atoms with Crippen molar-refractivity contribution in [3.63, 3.8) is 0 Å². The maximum Gasteiger partial charge on any atom is 0.269 e. The third-order valence-electron chi connectivity index (χ3n) is 5.78. The topological polar surface area (TPSA) is 115 Å². The molecule has 10 nitrogen and oxygen atoms in total. The third-order valence-corrected chi connectivity index (χ3v) is 7.44. The van der Waals surface area contributed by atoms with Crippen molar-refractivity contribution in [3.05, 3.63) is 78.1 Å². The Morgan fingerprint density at radius 1 is 0.737 bits per heavy atom. The van der Waals surface area contributed by atoms with Crippen LogP contribution in [0.1, 0.15) is 16.1 Å². The minimum atomic E-state index is -4.12. The summed E-state index contributed by atoms with van der Waals surface area (Å²) in [7, 11) is 3.15. The van der Waals surface area contributed by atoms with Crippen LogP contribution in [-0.2, 0) is 10.0 Å². The van der Waals surface area contributed by atoms with Crippen LogP contribution >= 0.6 is 0 Å². The maximum atomic E-state index is 13.7. The molecule has 4 aromatic rings. The summed E-state index contributed by atoms with van der Waals surface area (Å²) >= 11 is 0. The van der Waals surface area contributed by atoms with Crippen LogP contribution in [0.25, 0.3) is 11.4 Å². The molecule has 0 saturated carbocycles. The SMILES string of the molecule is COc1ccc(-c2nc(C(=O)c3cc(OC)c(OC)c(OC)c3)cn2S(=O)(=O)c2ccccc2)cc1OC. The van der Waals surface area contributed by atoms with Crippen molar-refractivity contribution < 1.29 is 36.9 Å². The molecule has 1 heterocycles. The molecule has 38 heavy (non-hydrogen) atoms. The fraction of sp³-hybridized carbons (Fsp3) is 0.185. The van der Waals surface area contributed by atoms with Crippen molar-refractivity contribution in [2.45, 2.75) is 4.90 Å². The van der Waals surface area contributed by atoms with Crippen LogP contribution in [0.4, 0.5) is 0 Å². The summed E-state index contributed by atoms with van der Waals surface area (Å²) in [6, 6.07) is 15.7. The van der Waals surface area contributed by atoms with E-state index in [0.29, 0.717) is 22.8 Å². The Balaban J connectivity index is 1.92. The second-order valence-corrected chi connectivity index (χ2v) is 9.69. The van der Waals surface area contributed by atoms with Gasteiger partial charge in [-0.3, -0.25) is 4.79 Å². The Morgan fingerprint density at radius 2 is 1.34 bits per heavy atom. The predicted octanol–water partition coefficient (Wildman–Crippen LogP) is 4.06. The van der Waals surface area contributed by atoms with Gasteiger partial charge in [-0.05, 0) is 42.5 Å². The fourth-order valence-electron chi connectivity index (χ4n) is 3.89. The van der Waals surface area contributed by atoms with E-state index < -0.39 is 15.8 Å². The van der Waals surface area contributed by atoms with Gasteiger partial charge in [-0.2, -0.15) is 0 Å². The zero-order valence-corrected chi connectivity index (χ0v) is 22.2. The first-order valence-electron chi connectivity index (χ1n) is 11.3. The molecule has 0 spiro atoms. The number of hydrogen-bond acceptors (Lipinski definition) is 9. The quantitative estimate of drug-likeness (QED) is 0.276. The van der Waals surface area contributed by atoms with Crippen molar-refractivity contribution >= 4 is 15.8 Å². The van der Waals surface area contributed by atoms with Crippen molar-refractivity contribution in [2.75, 3.05) is 35.5 Å². The number of methoxy groups -OCH3 is 5. The maximum absolute atomic E-state index is 13.7.